The van der Waals surface area contributed by atoms with Gasteiger partial charge in [-0.05, 0) is 124 Å². The van der Waals surface area contributed by atoms with Crippen molar-refractivity contribution < 1.29 is 0 Å². The molecule has 0 N–H and O–H groups in total. The van der Waals surface area contributed by atoms with Gasteiger partial charge in [0.25, 0.3) is 0 Å². The summed E-state index contributed by atoms with van der Waals surface area (Å²) in [5.41, 5.74) is 13.9. The quantitative estimate of drug-likeness (QED) is 0.155. The molecule has 3 heteroatoms. The first-order valence-corrected chi connectivity index (χ1v) is 18.5. The molecule has 0 amide bonds. The highest BCUT2D eigenvalue weighted by molar-refractivity contribution is 6.25. The highest BCUT2D eigenvalue weighted by atomic mass is 15.2. The Labute approximate surface area is 315 Å². The van der Waals surface area contributed by atoms with Crippen molar-refractivity contribution in [2.75, 3.05) is 4.90 Å². The Morgan fingerprint density at radius 2 is 1.20 bits per heavy atom. The predicted octanol–water partition coefficient (Wildman–Crippen LogP) is 13.8. The second kappa shape index (κ2) is 12.9. The number of hydrogen-bond acceptors (Lipinski definition) is 2. The number of nitrogens with zero attached hydrogens (tertiary/aromatic N) is 3. The zero-order chi connectivity index (χ0) is 36.2. The molecule has 10 rings (SSSR count). The number of hydrogen-bond donors (Lipinski definition) is 0. The molecule has 0 saturated heterocycles. The molecule has 10 aromatic rings. The van der Waals surface area contributed by atoms with Crippen LogP contribution in [0.2, 0.25) is 0 Å². The lowest BCUT2D eigenvalue weighted by molar-refractivity contribution is 1.18. The van der Waals surface area contributed by atoms with Crippen LogP contribution in [-0.2, 0) is 0 Å². The summed E-state index contributed by atoms with van der Waals surface area (Å²) in [6, 6.07) is 61.2. The van der Waals surface area contributed by atoms with E-state index in [-0.39, 0.29) is 0 Å². The molecule has 0 unspecified atom stereocenters. The molecule has 0 spiro atoms. The van der Waals surface area contributed by atoms with E-state index in [0.717, 1.165) is 28.3 Å². The molecule has 0 radical (unpaired) electrons. The smallest absolute Gasteiger partial charge is 0.0645 e. The van der Waals surface area contributed by atoms with E-state index in [9.17, 15) is 0 Å². The monoisotopic (exact) mass is 691 g/mol. The molecule has 0 aliphatic heterocycles. The molecule has 0 fully saturated rings. The van der Waals surface area contributed by atoms with Gasteiger partial charge < -0.3 is 9.47 Å². The third kappa shape index (κ3) is 5.24. The van der Waals surface area contributed by atoms with Crippen molar-refractivity contribution in [3.05, 3.63) is 198 Å². The number of aromatic nitrogens is 2. The normalized spacial score (nSPS) is 11.8. The number of fused-ring (bicyclic) bond motifs is 1. The van der Waals surface area contributed by atoms with E-state index in [1.807, 2.05) is 6.20 Å². The molecule has 8 aromatic carbocycles. The summed E-state index contributed by atoms with van der Waals surface area (Å²) in [7, 11) is 0. The van der Waals surface area contributed by atoms with E-state index in [0.29, 0.717) is 0 Å². The second-order valence-electron chi connectivity index (χ2n) is 14.1. The third-order valence-corrected chi connectivity index (χ3v) is 10.9. The van der Waals surface area contributed by atoms with Gasteiger partial charge in [-0.1, -0.05) is 121 Å². The van der Waals surface area contributed by atoms with Gasteiger partial charge in [-0.2, -0.15) is 0 Å². The molecule has 0 atom stereocenters. The van der Waals surface area contributed by atoms with Gasteiger partial charge >= 0.3 is 0 Å². The van der Waals surface area contributed by atoms with Gasteiger partial charge in [0, 0.05) is 27.8 Å². The standard InChI is InChI=1S/C51H37N3/c1-34-13-6-10-20-46(34)54(47-21-11-7-14-35(47)2)42-29-28-40(52-33-42)27-25-36-26-30-44(45-19-9-8-18-43(36)45)39-31-38-24-23-37-15-12-22-48-50(37)51(38)49(32-39)53(48)41-16-4-3-5-17-41/h3-33H,1-2H3. The summed E-state index contributed by atoms with van der Waals surface area (Å²) in [4.78, 5) is 7.24. The van der Waals surface area contributed by atoms with Gasteiger partial charge in [0.2, 0.25) is 0 Å². The van der Waals surface area contributed by atoms with Crippen LogP contribution in [0, 0.1) is 13.8 Å². The van der Waals surface area contributed by atoms with E-state index in [1.54, 1.807) is 0 Å². The van der Waals surface area contributed by atoms with Crippen LogP contribution < -0.4 is 4.90 Å². The van der Waals surface area contributed by atoms with Crippen LogP contribution in [0.15, 0.2) is 176 Å². The van der Waals surface area contributed by atoms with Gasteiger partial charge in [-0.3, -0.25) is 4.98 Å². The van der Waals surface area contributed by atoms with Crippen LogP contribution >= 0.6 is 0 Å². The Bertz CT molecular complexity index is 2960. The molecular weight excluding hydrogens is 655 g/mol. The average molecular weight is 692 g/mol. The molecule has 2 heterocycles. The number of rotatable bonds is 7. The first-order valence-electron chi connectivity index (χ1n) is 18.5. The third-order valence-electron chi connectivity index (χ3n) is 10.9. The van der Waals surface area contributed by atoms with Crippen LogP contribution in [0.1, 0.15) is 22.4 Å². The summed E-state index contributed by atoms with van der Waals surface area (Å²) < 4.78 is 2.42. The number of aryl methyl sites for hydroxylation is 2. The van der Waals surface area contributed by atoms with E-state index in [1.165, 1.54) is 71.3 Å². The molecular formula is C51H37N3. The van der Waals surface area contributed by atoms with Crippen LogP contribution in [0.25, 0.3) is 72.3 Å². The SMILES string of the molecule is Cc1ccccc1N(c1ccc(C=Cc2ccc(-c3cc4ccc5cccc6c5c4c(c3)n6-c3ccccc3)c3ccccc23)nc1)c1ccccc1C. The fourth-order valence-electron chi connectivity index (χ4n) is 8.26. The van der Waals surface area contributed by atoms with Crippen molar-refractivity contribution in [2.45, 2.75) is 13.8 Å². The molecule has 0 bridgehead atoms. The molecule has 0 aliphatic carbocycles. The van der Waals surface area contributed by atoms with Crippen LogP contribution in [0.5, 0.6) is 0 Å². The lowest BCUT2D eigenvalue weighted by Gasteiger charge is -2.28. The van der Waals surface area contributed by atoms with Crippen LogP contribution in [-0.4, -0.2) is 9.55 Å². The fraction of sp³-hybridized carbons (Fsp3) is 0.0392. The second-order valence-corrected chi connectivity index (χ2v) is 14.1. The van der Waals surface area contributed by atoms with Crippen molar-refractivity contribution in [3.8, 4) is 16.8 Å². The number of benzene rings is 8. The fourth-order valence-corrected chi connectivity index (χ4v) is 8.26. The van der Waals surface area contributed by atoms with Crippen molar-refractivity contribution >= 4 is 72.6 Å². The maximum absolute atomic E-state index is 4.94. The van der Waals surface area contributed by atoms with E-state index in [2.05, 4.69) is 205 Å². The van der Waals surface area contributed by atoms with Gasteiger partial charge in [-0.15, -0.1) is 0 Å². The lowest BCUT2D eigenvalue weighted by Crippen LogP contribution is -2.12. The largest absolute Gasteiger partial charge is 0.309 e. The predicted molar refractivity (Wildman–Crippen MR) is 230 cm³/mol. The molecule has 2 aromatic heterocycles. The molecule has 54 heavy (non-hydrogen) atoms. The highest BCUT2D eigenvalue weighted by Gasteiger charge is 2.19. The first kappa shape index (κ1) is 31.7. The summed E-state index contributed by atoms with van der Waals surface area (Å²) in [6.45, 7) is 4.32. The maximum atomic E-state index is 4.94. The van der Waals surface area contributed by atoms with Crippen molar-refractivity contribution in [3.63, 3.8) is 0 Å². The number of pyridine rings is 1. The summed E-state index contributed by atoms with van der Waals surface area (Å²) in [5, 5.41) is 7.61. The van der Waals surface area contributed by atoms with Gasteiger partial charge in [0.1, 0.15) is 0 Å². The van der Waals surface area contributed by atoms with Crippen LogP contribution in [0.3, 0.4) is 0 Å². The van der Waals surface area contributed by atoms with Crippen molar-refractivity contribution in [2.24, 2.45) is 0 Å². The van der Waals surface area contributed by atoms with E-state index >= 15 is 0 Å². The molecule has 0 saturated carbocycles. The highest BCUT2D eigenvalue weighted by Crippen LogP contribution is 2.43. The van der Waals surface area contributed by atoms with E-state index < -0.39 is 0 Å². The Morgan fingerprint density at radius 1 is 0.519 bits per heavy atom. The van der Waals surface area contributed by atoms with Gasteiger partial charge in [0.15, 0.2) is 0 Å². The van der Waals surface area contributed by atoms with Crippen molar-refractivity contribution in [1.82, 2.24) is 9.55 Å². The first-order chi connectivity index (χ1) is 26.6. The van der Waals surface area contributed by atoms with Gasteiger partial charge in [-0.25, -0.2) is 0 Å². The van der Waals surface area contributed by atoms with Gasteiger partial charge in [0.05, 0.1) is 28.6 Å². The zero-order valence-corrected chi connectivity index (χ0v) is 30.2. The lowest BCUT2D eigenvalue weighted by atomic mass is 9.92. The minimum absolute atomic E-state index is 0.908. The summed E-state index contributed by atoms with van der Waals surface area (Å²) in [6.07, 6.45) is 6.29. The van der Waals surface area contributed by atoms with Crippen LogP contribution in [0.4, 0.5) is 17.1 Å². The average Bonchev–Trinajstić information content (AvgIpc) is 3.56. The Kier molecular flexibility index (Phi) is 7.59. The Hall–Kier alpha value is -6.97. The topological polar surface area (TPSA) is 21.1 Å². The molecule has 0 aliphatic rings. The van der Waals surface area contributed by atoms with Crippen molar-refractivity contribution in [1.29, 1.82) is 0 Å². The number of para-hydroxylation sites is 3. The Balaban J connectivity index is 1.04. The Morgan fingerprint density at radius 3 is 1.94 bits per heavy atom. The maximum Gasteiger partial charge on any atom is 0.0645 e. The minimum Gasteiger partial charge on any atom is -0.309 e. The summed E-state index contributed by atoms with van der Waals surface area (Å²) in [5.74, 6) is 0. The molecule has 256 valence electrons. The minimum atomic E-state index is 0.908. The van der Waals surface area contributed by atoms with E-state index in [4.69, 9.17) is 4.98 Å². The zero-order valence-electron chi connectivity index (χ0n) is 30.2. The molecule has 3 nitrogen and oxygen atoms in total. The summed E-state index contributed by atoms with van der Waals surface area (Å²) >= 11 is 0. The number of anilines is 3.